The maximum atomic E-state index is 12.9. The summed E-state index contributed by atoms with van der Waals surface area (Å²) in [6.45, 7) is 4.45. The van der Waals surface area contributed by atoms with Crippen molar-refractivity contribution < 1.29 is 9.53 Å². The highest BCUT2D eigenvalue weighted by molar-refractivity contribution is 5.94. The fourth-order valence-corrected chi connectivity index (χ4v) is 4.15. The van der Waals surface area contributed by atoms with Gasteiger partial charge in [0.05, 0.1) is 11.0 Å². The predicted molar refractivity (Wildman–Crippen MR) is 138 cm³/mol. The lowest BCUT2D eigenvalue weighted by molar-refractivity contribution is -0.121. The Morgan fingerprint density at radius 1 is 0.914 bits per heavy atom. The molecule has 2 heterocycles. The molecule has 35 heavy (non-hydrogen) atoms. The third-order valence-electron chi connectivity index (χ3n) is 6.03. The molecular formula is C29H25N3O3. The number of nitrogens with one attached hydrogen (secondary N) is 1. The molecule has 1 amide bonds. The quantitative estimate of drug-likeness (QED) is 0.348. The molecule has 0 aliphatic carbocycles. The minimum atomic E-state index is -0.153. The van der Waals surface area contributed by atoms with Gasteiger partial charge in [0.1, 0.15) is 12.3 Å². The zero-order valence-corrected chi connectivity index (χ0v) is 19.6. The van der Waals surface area contributed by atoms with Crippen LogP contribution in [0.3, 0.4) is 0 Å². The molecule has 0 saturated heterocycles. The molecule has 6 nitrogen and oxygen atoms in total. The average Bonchev–Trinajstić information content (AvgIpc) is 2.88. The Morgan fingerprint density at radius 2 is 1.60 bits per heavy atom. The monoisotopic (exact) mass is 463 g/mol. The molecule has 3 aromatic carbocycles. The topological polar surface area (TPSA) is 73.2 Å². The van der Waals surface area contributed by atoms with Crippen LogP contribution in [0.5, 0.6) is 11.6 Å². The van der Waals surface area contributed by atoms with E-state index in [1.807, 2.05) is 79.1 Å². The third-order valence-corrected chi connectivity index (χ3v) is 6.03. The van der Waals surface area contributed by atoms with Crippen LogP contribution in [0.15, 0.2) is 89.9 Å². The maximum absolute atomic E-state index is 12.9. The first kappa shape index (κ1) is 22.3. The highest BCUT2D eigenvalue weighted by Crippen LogP contribution is 2.25. The number of hydrogen-bond acceptors (Lipinski definition) is 4. The Kier molecular flexibility index (Phi) is 6.02. The van der Waals surface area contributed by atoms with Gasteiger partial charge in [-0.3, -0.25) is 9.59 Å². The van der Waals surface area contributed by atoms with E-state index >= 15 is 0 Å². The molecule has 174 valence electrons. The summed E-state index contributed by atoms with van der Waals surface area (Å²) in [7, 11) is 0. The summed E-state index contributed by atoms with van der Waals surface area (Å²) in [5, 5.41) is 4.16. The molecule has 5 rings (SSSR count). The van der Waals surface area contributed by atoms with Gasteiger partial charge in [-0.15, -0.1) is 0 Å². The largest absolute Gasteiger partial charge is 0.439 e. The van der Waals surface area contributed by atoms with Crippen molar-refractivity contribution in [3.63, 3.8) is 0 Å². The van der Waals surface area contributed by atoms with Gasteiger partial charge in [-0.25, -0.2) is 4.98 Å². The van der Waals surface area contributed by atoms with Crippen molar-refractivity contribution in [3.05, 3.63) is 112 Å². The van der Waals surface area contributed by atoms with Crippen molar-refractivity contribution in [1.29, 1.82) is 0 Å². The number of amides is 1. The first-order chi connectivity index (χ1) is 17.0. The predicted octanol–water partition coefficient (Wildman–Crippen LogP) is 5.28. The van der Waals surface area contributed by atoms with E-state index < -0.39 is 0 Å². The normalized spacial score (nSPS) is 11.0. The third kappa shape index (κ3) is 4.64. The van der Waals surface area contributed by atoms with Crippen LogP contribution >= 0.6 is 0 Å². The van der Waals surface area contributed by atoms with E-state index in [9.17, 15) is 9.59 Å². The smallest absolute Gasteiger partial charge is 0.240 e. The molecule has 0 atom stereocenters. The van der Waals surface area contributed by atoms with Crippen LogP contribution in [0.2, 0.25) is 0 Å². The molecule has 0 spiro atoms. The van der Waals surface area contributed by atoms with E-state index in [0.29, 0.717) is 23.2 Å². The Morgan fingerprint density at radius 3 is 2.26 bits per heavy atom. The van der Waals surface area contributed by atoms with Crippen molar-refractivity contribution in [2.75, 3.05) is 0 Å². The van der Waals surface area contributed by atoms with Crippen LogP contribution in [0.4, 0.5) is 0 Å². The lowest BCUT2D eigenvalue weighted by Gasteiger charge is -2.15. The Hall–Kier alpha value is -4.45. The van der Waals surface area contributed by atoms with Crippen LogP contribution in [-0.2, 0) is 17.9 Å². The van der Waals surface area contributed by atoms with E-state index in [1.165, 1.54) is 0 Å². The molecule has 2 aromatic heterocycles. The molecule has 0 bridgehead atoms. The molecule has 1 N–H and O–H groups in total. The summed E-state index contributed by atoms with van der Waals surface area (Å²) >= 11 is 0. The van der Waals surface area contributed by atoms with Crippen molar-refractivity contribution in [2.24, 2.45) is 0 Å². The Labute approximate surface area is 202 Å². The summed E-state index contributed by atoms with van der Waals surface area (Å²) < 4.78 is 7.80. The van der Waals surface area contributed by atoms with Gasteiger partial charge in [0.15, 0.2) is 5.43 Å². The zero-order chi connectivity index (χ0) is 24.4. The number of benzene rings is 3. The number of fused-ring (bicyclic) bond motifs is 2. The Bertz CT molecular complexity index is 1540. The second-order valence-electron chi connectivity index (χ2n) is 8.60. The highest BCUT2D eigenvalue weighted by atomic mass is 16.5. The van der Waals surface area contributed by atoms with Gasteiger partial charge in [-0.2, -0.15) is 0 Å². The van der Waals surface area contributed by atoms with Gasteiger partial charge in [0, 0.05) is 29.6 Å². The molecule has 0 aliphatic heterocycles. The standard InChI is InChI=1S/C29H25N3O3/c1-19-11-12-20(2)26(15-19)35-28-14-13-21(17-31-28)16-30-27(33)18-32-24-9-5-3-7-22(24)29(34)23-8-4-6-10-25(23)32/h3-15,17H,16,18H2,1-2H3,(H,30,33). The molecule has 5 aromatic rings. The van der Waals surface area contributed by atoms with Crippen LogP contribution in [-0.4, -0.2) is 15.5 Å². The number of para-hydroxylation sites is 2. The number of aromatic nitrogens is 2. The first-order valence-electron chi connectivity index (χ1n) is 11.5. The van der Waals surface area contributed by atoms with Gasteiger partial charge in [-0.1, -0.05) is 42.5 Å². The summed E-state index contributed by atoms with van der Waals surface area (Å²) in [5.41, 5.74) is 4.47. The van der Waals surface area contributed by atoms with Crippen molar-refractivity contribution >= 4 is 27.7 Å². The van der Waals surface area contributed by atoms with E-state index in [0.717, 1.165) is 33.5 Å². The van der Waals surface area contributed by atoms with Crippen LogP contribution < -0.4 is 15.5 Å². The highest BCUT2D eigenvalue weighted by Gasteiger charge is 2.13. The van der Waals surface area contributed by atoms with E-state index in [1.54, 1.807) is 24.4 Å². The average molecular weight is 464 g/mol. The minimum Gasteiger partial charge on any atom is -0.439 e. The number of rotatable bonds is 6. The summed E-state index contributed by atoms with van der Waals surface area (Å²) in [4.78, 5) is 30.1. The second-order valence-corrected chi connectivity index (χ2v) is 8.60. The van der Waals surface area contributed by atoms with Crippen molar-refractivity contribution in [2.45, 2.75) is 26.9 Å². The second kappa shape index (κ2) is 9.43. The van der Waals surface area contributed by atoms with Crippen LogP contribution in [0, 0.1) is 13.8 Å². The summed E-state index contributed by atoms with van der Waals surface area (Å²) in [6, 6.07) is 24.5. The van der Waals surface area contributed by atoms with E-state index in [4.69, 9.17) is 4.74 Å². The lowest BCUT2D eigenvalue weighted by atomic mass is 10.1. The fourth-order valence-electron chi connectivity index (χ4n) is 4.15. The van der Waals surface area contributed by atoms with Gasteiger partial charge in [0.25, 0.3) is 0 Å². The molecular weight excluding hydrogens is 438 g/mol. The number of nitrogens with zero attached hydrogens (tertiary/aromatic N) is 2. The van der Waals surface area contributed by atoms with Crippen LogP contribution in [0.1, 0.15) is 16.7 Å². The maximum Gasteiger partial charge on any atom is 0.240 e. The number of carbonyl (C=O) groups excluding carboxylic acids is 1. The van der Waals surface area contributed by atoms with Crippen LogP contribution in [0.25, 0.3) is 21.8 Å². The lowest BCUT2D eigenvalue weighted by Crippen LogP contribution is -2.28. The zero-order valence-electron chi connectivity index (χ0n) is 19.6. The molecule has 0 radical (unpaired) electrons. The van der Waals surface area contributed by atoms with E-state index in [2.05, 4.69) is 10.3 Å². The number of ether oxygens (including phenoxy) is 1. The number of hydrogen-bond donors (Lipinski definition) is 1. The number of carbonyl (C=O) groups is 1. The molecule has 0 fully saturated rings. The summed E-state index contributed by atoms with van der Waals surface area (Å²) in [5.74, 6) is 1.12. The number of aryl methyl sites for hydroxylation is 2. The van der Waals surface area contributed by atoms with Gasteiger partial charge in [-0.05, 0) is 60.9 Å². The Balaban J connectivity index is 1.30. The summed E-state index contributed by atoms with van der Waals surface area (Å²) in [6.07, 6.45) is 1.70. The first-order valence-corrected chi connectivity index (χ1v) is 11.5. The molecule has 0 unspecified atom stereocenters. The molecule has 0 aliphatic rings. The van der Waals surface area contributed by atoms with Crippen molar-refractivity contribution in [1.82, 2.24) is 14.9 Å². The molecule has 0 saturated carbocycles. The van der Waals surface area contributed by atoms with Crippen molar-refractivity contribution in [3.8, 4) is 11.6 Å². The fraction of sp³-hybridized carbons (Fsp3) is 0.138. The van der Waals surface area contributed by atoms with Gasteiger partial charge < -0.3 is 14.6 Å². The van der Waals surface area contributed by atoms with Gasteiger partial charge in [0.2, 0.25) is 11.8 Å². The number of pyridine rings is 2. The van der Waals surface area contributed by atoms with E-state index in [-0.39, 0.29) is 17.9 Å². The minimum absolute atomic E-state index is 0.0258. The molecule has 6 heteroatoms. The SMILES string of the molecule is Cc1ccc(C)c(Oc2ccc(CNC(=O)Cn3c4ccccc4c(=O)c4ccccc43)cn2)c1. The van der Waals surface area contributed by atoms with Gasteiger partial charge >= 0.3 is 0 Å².